The summed E-state index contributed by atoms with van der Waals surface area (Å²) in [7, 11) is 1.65. The smallest absolute Gasteiger partial charge is 0.282 e. The molecule has 0 radical (unpaired) electrons. The molecular weight excluding hydrogens is 356 g/mol. The van der Waals surface area contributed by atoms with Crippen LogP contribution in [0.25, 0.3) is 0 Å². The number of aryl methyl sites for hydroxylation is 1. The van der Waals surface area contributed by atoms with Gasteiger partial charge < -0.3 is 5.32 Å². The third-order valence-electron chi connectivity index (χ3n) is 4.33. The van der Waals surface area contributed by atoms with Crippen LogP contribution >= 0.6 is 15.9 Å². The molecule has 1 aromatic carbocycles. The molecule has 0 amide bonds. The lowest BCUT2D eigenvalue weighted by Crippen LogP contribution is -2.31. The van der Waals surface area contributed by atoms with Crippen molar-refractivity contribution >= 4 is 21.6 Å². The number of nitrogens with one attached hydrogen (secondary N) is 1. The van der Waals surface area contributed by atoms with Crippen LogP contribution in [0.1, 0.15) is 24.4 Å². The van der Waals surface area contributed by atoms with Gasteiger partial charge in [0.1, 0.15) is 4.47 Å². The van der Waals surface area contributed by atoms with E-state index < -0.39 is 0 Å². The van der Waals surface area contributed by atoms with Crippen LogP contribution in [-0.2, 0) is 7.05 Å². The first-order chi connectivity index (χ1) is 11.2. The molecular formula is C17H21BrN4O. The fraction of sp³-hybridized carbons (Fsp3) is 0.412. The summed E-state index contributed by atoms with van der Waals surface area (Å²) >= 11 is 3.37. The second-order valence-electron chi connectivity index (χ2n) is 5.85. The summed E-state index contributed by atoms with van der Waals surface area (Å²) in [4.78, 5) is 14.5. The minimum Gasteiger partial charge on any atom is -0.381 e. The summed E-state index contributed by atoms with van der Waals surface area (Å²) in [6, 6.07) is 10.8. The molecule has 3 rings (SSSR count). The molecule has 1 aliphatic heterocycles. The molecule has 0 bridgehead atoms. The van der Waals surface area contributed by atoms with Gasteiger partial charge in [0.2, 0.25) is 0 Å². The van der Waals surface area contributed by atoms with Gasteiger partial charge in [0.25, 0.3) is 5.56 Å². The highest BCUT2D eigenvalue weighted by atomic mass is 79.9. The minimum atomic E-state index is -0.132. The molecule has 1 atom stereocenters. The Labute approximate surface area is 144 Å². The number of rotatable bonds is 5. The van der Waals surface area contributed by atoms with E-state index in [-0.39, 0.29) is 5.56 Å². The van der Waals surface area contributed by atoms with Gasteiger partial charge in [-0.2, -0.15) is 5.10 Å². The molecule has 2 heterocycles. The SMILES string of the molecule is Cn1ncc(NCC(c2ccccc2)N2CCCC2)c(Br)c1=O. The van der Waals surface area contributed by atoms with Gasteiger partial charge in [-0.25, -0.2) is 4.68 Å². The van der Waals surface area contributed by atoms with Crippen LogP contribution in [0.3, 0.4) is 0 Å². The first-order valence-corrected chi connectivity index (χ1v) is 8.71. The normalized spacial score (nSPS) is 16.4. The predicted molar refractivity (Wildman–Crippen MR) is 95.7 cm³/mol. The van der Waals surface area contributed by atoms with Crippen molar-refractivity contribution in [3.63, 3.8) is 0 Å². The molecule has 23 heavy (non-hydrogen) atoms. The molecule has 5 nitrogen and oxygen atoms in total. The third-order valence-corrected chi connectivity index (χ3v) is 5.10. The zero-order valence-electron chi connectivity index (χ0n) is 13.2. The van der Waals surface area contributed by atoms with E-state index in [0.717, 1.165) is 25.3 Å². The number of likely N-dealkylation sites (tertiary alicyclic amines) is 1. The standard InChI is InChI=1S/C17H21BrN4O/c1-21-17(23)16(18)14(11-20-21)19-12-15(22-9-5-6-10-22)13-7-3-2-4-8-13/h2-4,7-8,11,15,19H,5-6,9-10,12H2,1H3. The monoisotopic (exact) mass is 376 g/mol. The van der Waals surface area contributed by atoms with Gasteiger partial charge in [-0.15, -0.1) is 0 Å². The average Bonchev–Trinajstić information content (AvgIpc) is 3.10. The fourth-order valence-corrected chi connectivity index (χ4v) is 3.53. The average molecular weight is 377 g/mol. The second kappa shape index (κ2) is 7.27. The molecule has 6 heteroatoms. The number of anilines is 1. The minimum absolute atomic E-state index is 0.132. The van der Waals surface area contributed by atoms with E-state index in [1.165, 1.54) is 23.1 Å². The summed E-state index contributed by atoms with van der Waals surface area (Å²) in [5.41, 5.74) is 1.91. The van der Waals surface area contributed by atoms with Gasteiger partial charge >= 0.3 is 0 Å². The molecule has 1 saturated heterocycles. The van der Waals surface area contributed by atoms with Crippen molar-refractivity contribution in [1.29, 1.82) is 0 Å². The maximum Gasteiger partial charge on any atom is 0.282 e. The molecule has 1 fully saturated rings. The van der Waals surface area contributed by atoms with E-state index in [0.29, 0.717) is 10.5 Å². The number of benzene rings is 1. The summed E-state index contributed by atoms with van der Waals surface area (Å²) in [6.07, 6.45) is 4.19. The Balaban J connectivity index is 1.79. The van der Waals surface area contributed by atoms with Gasteiger partial charge in [0, 0.05) is 13.6 Å². The van der Waals surface area contributed by atoms with Crippen LogP contribution in [0.5, 0.6) is 0 Å². The Morgan fingerprint density at radius 3 is 2.65 bits per heavy atom. The molecule has 1 aromatic heterocycles. The zero-order valence-corrected chi connectivity index (χ0v) is 14.8. The van der Waals surface area contributed by atoms with E-state index in [1.54, 1.807) is 13.2 Å². The highest BCUT2D eigenvalue weighted by Crippen LogP contribution is 2.26. The Morgan fingerprint density at radius 1 is 1.26 bits per heavy atom. The van der Waals surface area contributed by atoms with Crippen LogP contribution in [-0.4, -0.2) is 34.3 Å². The maximum absolute atomic E-state index is 12.0. The van der Waals surface area contributed by atoms with E-state index >= 15 is 0 Å². The van der Waals surface area contributed by atoms with Gasteiger partial charge in [0.05, 0.1) is 17.9 Å². The van der Waals surface area contributed by atoms with Crippen molar-refractivity contribution in [1.82, 2.24) is 14.7 Å². The van der Waals surface area contributed by atoms with E-state index in [1.807, 2.05) is 6.07 Å². The van der Waals surface area contributed by atoms with Crippen LogP contribution in [0.2, 0.25) is 0 Å². The summed E-state index contributed by atoms with van der Waals surface area (Å²) < 4.78 is 1.85. The highest BCUT2D eigenvalue weighted by Gasteiger charge is 2.23. The summed E-state index contributed by atoms with van der Waals surface area (Å²) in [5, 5.41) is 7.48. The van der Waals surface area contributed by atoms with Gasteiger partial charge in [0.15, 0.2) is 0 Å². The lowest BCUT2D eigenvalue weighted by Gasteiger charge is -2.28. The Morgan fingerprint density at radius 2 is 1.96 bits per heavy atom. The van der Waals surface area contributed by atoms with Crippen LogP contribution in [0.4, 0.5) is 5.69 Å². The van der Waals surface area contributed by atoms with Gasteiger partial charge in [-0.1, -0.05) is 30.3 Å². The molecule has 1 aliphatic rings. The first kappa shape index (κ1) is 16.2. The lowest BCUT2D eigenvalue weighted by atomic mass is 10.1. The van der Waals surface area contributed by atoms with Crippen LogP contribution in [0, 0.1) is 0 Å². The first-order valence-electron chi connectivity index (χ1n) is 7.91. The number of aromatic nitrogens is 2. The van der Waals surface area contributed by atoms with Crippen molar-refractivity contribution in [2.75, 3.05) is 25.0 Å². The van der Waals surface area contributed by atoms with Crippen molar-refractivity contribution < 1.29 is 0 Å². The molecule has 122 valence electrons. The van der Waals surface area contributed by atoms with Crippen molar-refractivity contribution in [2.45, 2.75) is 18.9 Å². The predicted octanol–water partition coefficient (Wildman–Crippen LogP) is 2.79. The molecule has 0 saturated carbocycles. The molecule has 0 aliphatic carbocycles. The van der Waals surface area contributed by atoms with Gasteiger partial charge in [-0.05, 0) is 47.4 Å². The van der Waals surface area contributed by atoms with E-state index in [4.69, 9.17) is 0 Å². The molecule has 0 spiro atoms. The maximum atomic E-state index is 12.0. The number of hydrogen-bond acceptors (Lipinski definition) is 4. The second-order valence-corrected chi connectivity index (χ2v) is 6.64. The topological polar surface area (TPSA) is 50.2 Å². The summed E-state index contributed by atoms with van der Waals surface area (Å²) in [6.45, 7) is 2.99. The van der Waals surface area contributed by atoms with Crippen molar-refractivity contribution in [2.24, 2.45) is 7.05 Å². The number of nitrogens with zero attached hydrogens (tertiary/aromatic N) is 3. The Bertz CT molecular complexity index is 710. The molecule has 1 N–H and O–H groups in total. The number of halogens is 1. The van der Waals surface area contributed by atoms with Crippen molar-refractivity contribution in [3.8, 4) is 0 Å². The molecule has 2 aromatic rings. The fourth-order valence-electron chi connectivity index (χ4n) is 3.03. The summed E-state index contributed by atoms with van der Waals surface area (Å²) in [5.74, 6) is 0. The number of hydrogen-bond donors (Lipinski definition) is 1. The highest BCUT2D eigenvalue weighted by molar-refractivity contribution is 9.10. The zero-order chi connectivity index (χ0) is 16.2. The quantitative estimate of drug-likeness (QED) is 0.871. The van der Waals surface area contributed by atoms with Gasteiger partial charge in [-0.3, -0.25) is 9.69 Å². The lowest BCUT2D eigenvalue weighted by molar-refractivity contribution is 0.256. The van der Waals surface area contributed by atoms with Crippen LogP contribution in [0.15, 0.2) is 45.8 Å². The van der Waals surface area contributed by atoms with Crippen LogP contribution < -0.4 is 10.9 Å². The Kier molecular flexibility index (Phi) is 5.13. The van der Waals surface area contributed by atoms with E-state index in [9.17, 15) is 4.79 Å². The third kappa shape index (κ3) is 3.64. The molecule has 1 unspecified atom stereocenters. The largest absolute Gasteiger partial charge is 0.381 e. The van der Waals surface area contributed by atoms with E-state index in [2.05, 4.69) is 55.5 Å². The van der Waals surface area contributed by atoms with Crippen molar-refractivity contribution in [3.05, 3.63) is 56.9 Å². The Hall–Kier alpha value is -1.66.